The zero-order valence-corrected chi connectivity index (χ0v) is 28.7. The summed E-state index contributed by atoms with van der Waals surface area (Å²) in [6.45, 7) is 9.55. The van der Waals surface area contributed by atoms with Gasteiger partial charge in [-0.3, -0.25) is 14.4 Å². The van der Waals surface area contributed by atoms with Gasteiger partial charge in [0, 0.05) is 19.3 Å². The van der Waals surface area contributed by atoms with Crippen LogP contribution >= 0.6 is 0 Å². The maximum atomic E-state index is 13.2. The molecule has 0 aromatic heterocycles. The van der Waals surface area contributed by atoms with Crippen LogP contribution in [0.3, 0.4) is 0 Å². The van der Waals surface area contributed by atoms with Crippen molar-refractivity contribution < 1.29 is 68.3 Å². The first kappa shape index (κ1) is 41.3. The molecule has 9 unspecified atom stereocenters. The van der Waals surface area contributed by atoms with Crippen LogP contribution in [0.15, 0.2) is 0 Å². The van der Waals surface area contributed by atoms with E-state index in [1.807, 2.05) is 41.5 Å². The van der Waals surface area contributed by atoms with Crippen LogP contribution in [0.4, 0.5) is 0 Å². The Bertz CT molecular complexity index is 958. The molecule has 2 aliphatic heterocycles. The Morgan fingerprint density at radius 3 is 1.47 bits per heavy atom. The van der Waals surface area contributed by atoms with Crippen LogP contribution in [0.25, 0.3) is 0 Å². The highest BCUT2D eigenvalue weighted by Crippen LogP contribution is 2.38. The van der Waals surface area contributed by atoms with E-state index >= 15 is 0 Å². The molecule has 2 heterocycles. The summed E-state index contributed by atoms with van der Waals surface area (Å²) in [6, 6.07) is 0. The summed E-state index contributed by atoms with van der Waals surface area (Å²) in [4.78, 5) is 39.3. The highest BCUT2D eigenvalue weighted by atomic mass is 16.8. The molecule has 0 aromatic carbocycles. The Morgan fingerprint density at radius 2 is 1.09 bits per heavy atom. The number of hydrogen-bond donors (Lipinski definition) is 5. The summed E-state index contributed by atoms with van der Waals surface area (Å²) in [5.74, 6) is -3.41. The topological polar surface area (TPSA) is 208 Å². The third kappa shape index (κ3) is 12.5. The molecule has 2 aliphatic rings. The highest BCUT2D eigenvalue weighted by Gasteiger charge is 2.60. The van der Waals surface area contributed by atoms with Gasteiger partial charge < -0.3 is 54.0 Å². The van der Waals surface area contributed by atoms with Crippen molar-refractivity contribution in [3.8, 4) is 0 Å². The number of ether oxygens (including phenoxy) is 6. The summed E-state index contributed by atoms with van der Waals surface area (Å²) in [6.07, 6.45) is -8.90. The fraction of sp³-hybridized carbons (Fsp3) is 0.909. The minimum Gasteiger partial charge on any atom is -0.455 e. The van der Waals surface area contributed by atoms with Crippen molar-refractivity contribution in [2.24, 2.45) is 17.8 Å². The molecule has 9 atom stereocenters. The molecule has 14 nitrogen and oxygen atoms in total. The molecule has 14 heteroatoms. The Morgan fingerprint density at radius 1 is 0.660 bits per heavy atom. The van der Waals surface area contributed by atoms with Crippen molar-refractivity contribution in [1.29, 1.82) is 0 Å². The van der Waals surface area contributed by atoms with Gasteiger partial charge in [0.25, 0.3) is 0 Å². The van der Waals surface area contributed by atoms with Crippen LogP contribution in [0, 0.1) is 17.8 Å². The van der Waals surface area contributed by atoms with Gasteiger partial charge in [0.15, 0.2) is 18.3 Å². The first-order valence-electron chi connectivity index (χ1n) is 17.0. The van der Waals surface area contributed by atoms with Gasteiger partial charge >= 0.3 is 17.9 Å². The zero-order chi connectivity index (χ0) is 35.3. The molecule has 0 spiro atoms. The molecule has 5 N–H and O–H groups in total. The summed E-state index contributed by atoms with van der Waals surface area (Å²) in [5, 5.41) is 51.5. The van der Waals surface area contributed by atoms with Crippen LogP contribution in [0.1, 0.15) is 99.3 Å². The van der Waals surface area contributed by atoms with E-state index in [0.717, 1.165) is 19.3 Å². The fourth-order valence-corrected chi connectivity index (χ4v) is 5.58. The predicted molar refractivity (Wildman–Crippen MR) is 166 cm³/mol. The maximum absolute atomic E-state index is 13.2. The average molecular weight is 679 g/mol. The normalized spacial score (nSPS) is 31.0. The van der Waals surface area contributed by atoms with E-state index in [9.17, 15) is 39.9 Å². The highest BCUT2D eigenvalue weighted by molar-refractivity contribution is 5.71. The van der Waals surface area contributed by atoms with Crippen LogP contribution in [-0.2, 0) is 42.8 Å². The molecule has 274 valence electrons. The van der Waals surface area contributed by atoms with E-state index in [4.69, 9.17) is 28.4 Å². The average Bonchev–Trinajstić information content (AvgIpc) is 3.24. The molecular formula is C33H58O14. The van der Waals surface area contributed by atoms with Crippen molar-refractivity contribution in [3.63, 3.8) is 0 Å². The summed E-state index contributed by atoms with van der Waals surface area (Å²) < 4.78 is 34.8. The third-order valence-electron chi connectivity index (χ3n) is 8.28. The van der Waals surface area contributed by atoms with E-state index in [0.29, 0.717) is 37.0 Å². The lowest BCUT2D eigenvalue weighted by Gasteiger charge is -2.46. The fourth-order valence-electron chi connectivity index (χ4n) is 5.58. The van der Waals surface area contributed by atoms with Crippen molar-refractivity contribution >= 4 is 17.9 Å². The third-order valence-corrected chi connectivity index (χ3v) is 8.28. The molecule has 0 radical (unpaired) electrons. The van der Waals surface area contributed by atoms with Crippen LogP contribution < -0.4 is 0 Å². The van der Waals surface area contributed by atoms with E-state index in [2.05, 4.69) is 0 Å². The van der Waals surface area contributed by atoms with E-state index in [1.54, 1.807) is 0 Å². The van der Waals surface area contributed by atoms with Gasteiger partial charge in [-0.05, 0) is 37.0 Å². The lowest BCUT2D eigenvalue weighted by atomic mass is 9.97. The number of hydrogen-bond acceptors (Lipinski definition) is 14. The SMILES string of the molecule is CC(C)CCCC(=O)OC1C(CO)OC(OC2(CO)OC(CO)C(O)C2O)C(OC(=O)CCCC(C)C)C1OC(=O)CCCC(C)C. The first-order valence-corrected chi connectivity index (χ1v) is 17.0. The van der Waals surface area contributed by atoms with Crippen LogP contribution in [-0.4, -0.2) is 118 Å². The monoisotopic (exact) mass is 678 g/mol. The molecule has 0 amide bonds. The second-order valence-electron chi connectivity index (χ2n) is 13.8. The van der Waals surface area contributed by atoms with Gasteiger partial charge in [-0.1, -0.05) is 60.8 Å². The quantitative estimate of drug-likeness (QED) is 0.0919. The largest absolute Gasteiger partial charge is 0.455 e. The zero-order valence-electron chi connectivity index (χ0n) is 28.7. The molecular weight excluding hydrogens is 620 g/mol. The number of esters is 3. The number of carbonyl (C=O) groups is 3. The number of rotatable bonds is 20. The summed E-state index contributed by atoms with van der Waals surface area (Å²) in [5.41, 5.74) is 0. The standard InChI is InChI=1S/C33H58O14/c1-19(2)10-7-13-24(37)43-28-23(17-35)42-32(47-33(18-36)31(41)27(40)22(16-34)46-33)30(45-26(39)15-9-12-21(5)6)29(28)44-25(38)14-8-11-20(3)4/h19-23,27-32,34-36,40-41H,7-18H2,1-6H3. The summed E-state index contributed by atoms with van der Waals surface area (Å²) >= 11 is 0. The van der Waals surface area contributed by atoms with Gasteiger partial charge in [0.05, 0.1) is 13.2 Å². The van der Waals surface area contributed by atoms with E-state index in [1.165, 1.54) is 0 Å². The lowest BCUT2D eigenvalue weighted by molar-refractivity contribution is -0.384. The Hall–Kier alpha value is -1.91. The Labute approximate surface area is 278 Å². The van der Waals surface area contributed by atoms with Crippen LogP contribution in [0.5, 0.6) is 0 Å². The molecule has 2 saturated heterocycles. The number of carbonyl (C=O) groups excluding carboxylic acids is 3. The second kappa shape index (κ2) is 19.9. The minimum atomic E-state index is -2.37. The van der Waals surface area contributed by atoms with Crippen molar-refractivity contribution in [2.75, 3.05) is 19.8 Å². The molecule has 0 aromatic rings. The molecule has 47 heavy (non-hydrogen) atoms. The molecule has 2 fully saturated rings. The smallest absolute Gasteiger partial charge is 0.306 e. The minimum absolute atomic E-state index is 0.00172. The van der Waals surface area contributed by atoms with Crippen molar-refractivity contribution in [1.82, 2.24) is 0 Å². The Balaban J connectivity index is 2.50. The molecule has 0 bridgehead atoms. The van der Waals surface area contributed by atoms with Gasteiger partial charge in [-0.25, -0.2) is 0 Å². The predicted octanol–water partition coefficient (Wildman–Crippen LogP) is 1.74. The summed E-state index contributed by atoms with van der Waals surface area (Å²) in [7, 11) is 0. The van der Waals surface area contributed by atoms with Gasteiger partial charge in [0.1, 0.15) is 31.0 Å². The molecule has 0 aliphatic carbocycles. The number of aliphatic hydroxyl groups is 5. The lowest BCUT2D eigenvalue weighted by Crippen LogP contribution is -2.65. The van der Waals surface area contributed by atoms with Gasteiger partial charge in [-0.15, -0.1) is 0 Å². The van der Waals surface area contributed by atoms with Gasteiger partial charge in [0.2, 0.25) is 12.1 Å². The van der Waals surface area contributed by atoms with Gasteiger partial charge in [-0.2, -0.15) is 0 Å². The Kier molecular flexibility index (Phi) is 17.5. The first-order chi connectivity index (χ1) is 22.2. The van der Waals surface area contributed by atoms with E-state index in [-0.39, 0.29) is 19.3 Å². The van der Waals surface area contributed by atoms with Crippen LogP contribution in [0.2, 0.25) is 0 Å². The molecule has 2 rings (SSSR count). The van der Waals surface area contributed by atoms with Crippen molar-refractivity contribution in [2.45, 2.75) is 154 Å². The van der Waals surface area contributed by atoms with Crippen molar-refractivity contribution in [3.05, 3.63) is 0 Å². The maximum Gasteiger partial charge on any atom is 0.306 e. The van der Waals surface area contributed by atoms with E-state index < -0.39 is 92.5 Å². The number of aliphatic hydroxyl groups excluding tert-OH is 5. The molecule has 0 saturated carbocycles. The second-order valence-corrected chi connectivity index (χ2v) is 13.8.